The molecule has 0 saturated heterocycles. The van der Waals surface area contributed by atoms with Crippen molar-refractivity contribution in [3.63, 3.8) is 0 Å². The Morgan fingerprint density at radius 1 is 0.452 bits per heavy atom. The maximum absolute atomic E-state index is 5.28. The third-order valence-corrected chi connectivity index (χ3v) is 10.9. The smallest absolute Gasteiger partial charge is 0.0497 e. The van der Waals surface area contributed by atoms with E-state index in [1.807, 2.05) is 0 Å². The van der Waals surface area contributed by atoms with Gasteiger partial charge in [0.05, 0.1) is 0 Å². The zero-order chi connectivity index (χ0) is 43.5. The molecule has 0 aliphatic carbocycles. The number of rotatable bonds is 13. The number of hydrogen-bond donors (Lipinski definition) is 0. The van der Waals surface area contributed by atoms with Crippen LogP contribution in [-0.2, 0) is 19.3 Å². The number of benzene rings is 5. The lowest BCUT2D eigenvalue weighted by molar-refractivity contribution is 0.667. The van der Waals surface area contributed by atoms with Crippen LogP contribution >= 0.6 is 0 Å². The molecule has 0 saturated carbocycles. The van der Waals surface area contributed by atoms with Crippen LogP contribution in [0.15, 0.2) is 91.0 Å². The van der Waals surface area contributed by atoms with Crippen LogP contribution in [0.25, 0.3) is 22.3 Å². The Balaban J connectivity index is 1.59. The molecule has 0 fully saturated rings. The van der Waals surface area contributed by atoms with Crippen molar-refractivity contribution in [1.29, 1.82) is 0 Å². The van der Waals surface area contributed by atoms with Crippen LogP contribution in [0.3, 0.4) is 0 Å². The normalized spacial score (nSPS) is 10.3. The van der Waals surface area contributed by atoms with Crippen LogP contribution in [0.5, 0.6) is 0 Å². The van der Waals surface area contributed by atoms with Crippen molar-refractivity contribution in [1.82, 2.24) is 0 Å². The van der Waals surface area contributed by atoms with Gasteiger partial charge in [0.1, 0.15) is 0 Å². The summed E-state index contributed by atoms with van der Waals surface area (Å²) >= 11 is 0. The lowest BCUT2D eigenvalue weighted by Gasteiger charge is -2.34. The van der Waals surface area contributed by atoms with Crippen LogP contribution < -0.4 is 4.90 Å². The van der Waals surface area contributed by atoms with E-state index in [2.05, 4.69) is 206 Å². The summed E-state index contributed by atoms with van der Waals surface area (Å²) in [4.78, 5) is 2.45. The van der Waals surface area contributed by atoms with Crippen molar-refractivity contribution in [3.05, 3.63) is 136 Å². The predicted molar refractivity (Wildman–Crippen MR) is 262 cm³/mol. The Kier molecular flexibility index (Phi) is 16.1. The van der Waals surface area contributed by atoms with Crippen LogP contribution in [0, 0.1) is 110 Å². The molecular formula is C61H51N. The number of nitrogens with zero attached hydrogens (tertiary/aromatic N) is 1. The first-order valence-electron chi connectivity index (χ1n) is 21.7. The number of unbranched alkanes of at least 4 members (excludes halogenated alkanes) is 6. The number of anilines is 3. The number of fused-ring (bicyclic) bond motifs is 2. The van der Waals surface area contributed by atoms with Gasteiger partial charge in [0.15, 0.2) is 0 Å². The molecule has 62 heavy (non-hydrogen) atoms. The molecule has 6 rings (SSSR count). The van der Waals surface area contributed by atoms with Gasteiger partial charge in [-0.05, 0) is 210 Å². The van der Waals surface area contributed by atoms with Gasteiger partial charge in [-0.15, -0.1) is 12.8 Å². The van der Waals surface area contributed by atoms with Crippen LogP contribution in [0.1, 0.15) is 110 Å². The van der Waals surface area contributed by atoms with Gasteiger partial charge in [-0.25, -0.2) is 0 Å². The maximum Gasteiger partial charge on any atom is 0.0497 e. The molecule has 5 aromatic rings. The van der Waals surface area contributed by atoms with Gasteiger partial charge in [0.25, 0.3) is 0 Å². The molecule has 0 radical (unpaired) electrons. The fourth-order valence-corrected chi connectivity index (χ4v) is 7.96. The summed E-state index contributed by atoms with van der Waals surface area (Å²) < 4.78 is 0. The third-order valence-electron chi connectivity index (χ3n) is 10.9. The van der Waals surface area contributed by atoms with Crippen LogP contribution in [0.2, 0.25) is 0 Å². The molecular weight excluding hydrogens is 747 g/mol. The SMILES string of the molecule is C#CC#CC#CC#Cc1cc(CCCCCC)cc(-c2cc(-c3cc(C#CC#CC#CC#C)cc(CCCCCC)c3)cc(N3c4ccc(C)cc4Cc4cc(C)ccc43)c2)c1. The summed E-state index contributed by atoms with van der Waals surface area (Å²) in [6.45, 7) is 8.85. The molecule has 0 N–H and O–H groups in total. The minimum atomic E-state index is 0.885. The summed E-state index contributed by atoms with van der Waals surface area (Å²) in [5.41, 5.74) is 17.4. The van der Waals surface area contributed by atoms with Gasteiger partial charge >= 0.3 is 0 Å². The molecule has 5 aromatic carbocycles. The summed E-state index contributed by atoms with van der Waals surface area (Å²) in [6.07, 6.45) is 22.8. The summed E-state index contributed by atoms with van der Waals surface area (Å²) in [6, 6.07) is 34.1. The topological polar surface area (TPSA) is 3.24 Å². The molecule has 0 bridgehead atoms. The van der Waals surface area contributed by atoms with Gasteiger partial charge in [0, 0.05) is 34.6 Å². The highest BCUT2D eigenvalue weighted by molar-refractivity contribution is 5.89. The molecule has 0 aromatic heterocycles. The minimum Gasteiger partial charge on any atom is -0.310 e. The lowest BCUT2D eigenvalue weighted by Crippen LogP contribution is -2.19. The standard InChI is InChI=1S/C61H51N/c1-7-11-15-19-21-25-29-51-37-49(27-23-17-13-9-3)39-53(41-51)55-43-56(54-40-50(28-24-18-14-10-4)38-52(42-54)30-26-22-20-16-12-8-2)46-59(45-55)62-60-33-31-47(5)35-57(60)44-58-36-48(6)32-34-61(58)62/h1-2,31-43,45-46H,9-10,13-14,17-18,23-24,27-28,44H2,3-6H3. The fourth-order valence-electron chi connectivity index (χ4n) is 7.96. The van der Waals surface area contributed by atoms with E-state index in [1.54, 1.807) is 0 Å². The largest absolute Gasteiger partial charge is 0.310 e. The van der Waals surface area contributed by atoms with Gasteiger partial charge in [-0.2, -0.15) is 0 Å². The molecule has 0 spiro atoms. The Bertz CT molecular complexity index is 2740. The first-order valence-corrected chi connectivity index (χ1v) is 21.7. The zero-order valence-corrected chi connectivity index (χ0v) is 36.5. The highest BCUT2D eigenvalue weighted by Gasteiger charge is 2.25. The van der Waals surface area contributed by atoms with Gasteiger partial charge in [0.2, 0.25) is 0 Å². The number of hydrogen-bond acceptors (Lipinski definition) is 1. The molecule has 1 heterocycles. The van der Waals surface area contributed by atoms with E-state index in [9.17, 15) is 0 Å². The van der Waals surface area contributed by atoms with Crippen molar-refractivity contribution >= 4 is 17.1 Å². The number of terminal acetylenes is 2. The minimum absolute atomic E-state index is 0.885. The monoisotopic (exact) mass is 797 g/mol. The zero-order valence-electron chi connectivity index (χ0n) is 36.5. The second-order valence-corrected chi connectivity index (χ2v) is 15.8. The van der Waals surface area contributed by atoms with E-state index >= 15 is 0 Å². The van der Waals surface area contributed by atoms with Crippen molar-refractivity contribution in [3.8, 4) is 118 Å². The lowest BCUT2D eigenvalue weighted by atomic mass is 9.90. The van der Waals surface area contributed by atoms with Crippen molar-refractivity contribution in [2.45, 2.75) is 98.3 Å². The van der Waals surface area contributed by atoms with E-state index in [0.717, 1.165) is 71.2 Å². The molecule has 0 unspecified atom stereocenters. The predicted octanol–water partition coefficient (Wildman–Crippen LogP) is 13.2. The first kappa shape index (κ1) is 43.9. The average molecular weight is 798 g/mol. The first-order chi connectivity index (χ1) is 30.4. The Morgan fingerprint density at radius 3 is 1.34 bits per heavy atom. The van der Waals surface area contributed by atoms with E-state index in [1.165, 1.54) is 83.3 Å². The van der Waals surface area contributed by atoms with E-state index in [4.69, 9.17) is 12.8 Å². The Hall–Kier alpha value is -7.62. The van der Waals surface area contributed by atoms with Gasteiger partial charge < -0.3 is 4.90 Å². The quantitative estimate of drug-likeness (QED) is 0.0831. The summed E-state index contributed by atoms with van der Waals surface area (Å²) in [5, 5.41) is 0. The molecule has 300 valence electrons. The molecule has 0 atom stereocenters. The fraction of sp³-hybridized carbons (Fsp3) is 0.246. The summed E-state index contributed by atoms with van der Waals surface area (Å²) in [7, 11) is 0. The Labute approximate surface area is 372 Å². The molecule has 1 nitrogen and oxygen atoms in total. The summed E-state index contributed by atoms with van der Waals surface area (Å²) in [5.74, 6) is 38.8. The highest BCUT2D eigenvalue weighted by Crippen LogP contribution is 2.46. The Morgan fingerprint density at radius 2 is 0.887 bits per heavy atom. The third kappa shape index (κ3) is 12.2. The molecule has 1 heteroatoms. The van der Waals surface area contributed by atoms with E-state index < -0.39 is 0 Å². The van der Waals surface area contributed by atoms with E-state index in [0.29, 0.717) is 0 Å². The van der Waals surface area contributed by atoms with Crippen molar-refractivity contribution < 1.29 is 0 Å². The van der Waals surface area contributed by atoms with Gasteiger partial charge in [-0.1, -0.05) is 112 Å². The van der Waals surface area contributed by atoms with Gasteiger partial charge in [-0.3, -0.25) is 0 Å². The van der Waals surface area contributed by atoms with E-state index in [-0.39, 0.29) is 0 Å². The highest BCUT2D eigenvalue weighted by atomic mass is 15.2. The second kappa shape index (κ2) is 22.7. The van der Waals surface area contributed by atoms with Crippen LogP contribution in [-0.4, -0.2) is 0 Å². The molecule has 1 aliphatic heterocycles. The second-order valence-electron chi connectivity index (χ2n) is 15.8. The maximum atomic E-state index is 5.28. The van der Waals surface area contributed by atoms with Crippen molar-refractivity contribution in [2.24, 2.45) is 0 Å². The number of aryl methyl sites for hydroxylation is 4. The van der Waals surface area contributed by atoms with Crippen molar-refractivity contribution in [2.75, 3.05) is 4.90 Å². The molecule has 0 amide bonds. The van der Waals surface area contributed by atoms with Crippen LogP contribution in [0.4, 0.5) is 17.1 Å². The average Bonchev–Trinajstić information content (AvgIpc) is 3.28. The molecule has 1 aliphatic rings.